The number of ether oxygens (including phenoxy) is 1. The fourth-order valence-electron chi connectivity index (χ4n) is 2.19. The topological polar surface area (TPSA) is 54.4 Å². The lowest BCUT2D eigenvalue weighted by Gasteiger charge is -2.40. The summed E-state index contributed by atoms with van der Waals surface area (Å²) in [5.74, 6) is 0. The number of aromatic nitrogens is 1. The number of rotatable bonds is 6. The molecule has 2 rings (SSSR count). The first-order valence-corrected chi connectivity index (χ1v) is 6.38. The van der Waals surface area contributed by atoms with E-state index < -0.39 is 0 Å². The van der Waals surface area contributed by atoms with Gasteiger partial charge in [-0.15, -0.1) is 0 Å². The van der Waals surface area contributed by atoms with Crippen LogP contribution >= 0.6 is 0 Å². The third-order valence-electron chi connectivity index (χ3n) is 3.68. The van der Waals surface area contributed by atoms with E-state index in [2.05, 4.69) is 36.3 Å². The smallest absolute Gasteiger partial charge is 0.0579 e. The minimum absolute atomic E-state index is 0.0597. The zero-order valence-corrected chi connectivity index (χ0v) is 11.1. The second-order valence-electron chi connectivity index (χ2n) is 5.87. The van der Waals surface area contributed by atoms with Crippen molar-refractivity contribution in [2.24, 2.45) is 5.41 Å². The van der Waals surface area contributed by atoms with Crippen LogP contribution in [0.1, 0.15) is 19.4 Å². The molecule has 2 N–H and O–H groups in total. The molecule has 100 valence electrons. The molecular formula is C14H22N2O2. The van der Waals surface area contributed by atoms with E-state index in [1.807, 2.05) is 12.4 Å². The third-order valence-corrected chi connectivity index (χ3v) is 3.68. The van der Waals surface area contributed by atoms with Crippen LogP contribution in [0.4, 0.5) is 0 Å². The fraction of sp³-hybridized carbons (Fsp3) is 0.643. The molecule has 4 heteroatoms. The Morgan fingerprint density at radius 3 is 2.56 bits per heavy atom. The summed E-state index contributed by atoms with van der Waals surface area (Å²) in [5.41, 5.74) is 1.27. The van der Waals surface area contributed by atoms with Gasteiger partial charge in [0, 0.05) is 30.9 Å². The molecule has 0 spiro atoms. The quantitative estimate of drug-likeness (QED) is 0.789. The van der Waals surface area contributed by atoms with Gasteiger partial charge >= 0.3 is 0 Å². The maximum absolute atomic E-state index is 9.35. The highest BCUT2D eigenvalue weighted by atomic mass is 16.5. The SMILES string of the molecule is CC(C)(CNCC1(CO)COC1)c1ccncc1. The molecule has 18 heavy (non-hydrogen) atoms. The summed E-state index contributed by atoms with van der Waals surface area (Å²) in [5, 5.41) is 12.8. The second-order valence-corrected chi connectivity index (χ2v) is 5.87. The van der Waals surface area contributed by atoms with Gasteiger partial charge in [0.15, 0.2) is 0 Å². The Morgan fingerprint density at radius 1 is 1.39 bits per heavy atom. The van der Waals surface area contributed by atoms with E-state index in [1.54, 1.807) is 0 Å². The predicted octanol–water partition coefficient (Wildman–Crippen LogP) is 0.958. The summed E-state index contributed by atoms with van der Waals surface area (Å²) >= 11 is 0. The molecule has 1 aromatic heterocycles. The largest absolute Gasteiger partial charge is 0.396 e. The van der Waals surface area contributed by atoms with Crippen LogP contribution in [0, 0.1) is 5.41 Å². The summed E-state index contributed by atoms with van der Waals surface area (Å²) in [6, 6.07) is 4.10. The number of pyridine rings is 1. The normalized spacial score (nSPS) is 18.4. The molecule has 1 fully saturated rings. The van der Waals surface area contributed by atoms with Crippen molar-refractivity contribution in [1.29, 1.82) is 0 Å². The number of nitrogens with one attached hydrogen (secondary N) is 1. The van der Waals surface area contributed by atoms with Crippen molar-refractivity contribution in [3.63, 3.8) is 0 Å². The van der Waals surface area contributed by atoms with Crippen LogP contribution < -0.4 is 5.32 Å². The Kier molecular flexibility index (Phi) is 4.00. The van der Waals surface area contributed by atoms with Gasteiger partial charge in [-0.2, -0.15) is 0 Å². The van der Waals surface area contributed by atoms with Crippen molar-refractivity contribution >= 4 is 0 Å². The van der Waals surface area contributed by atoms with Crippen LogP contribution in [0.5, 0.6) is 0 Å². The first kappa shape index (κ1) is 13.5. The lowest BCUT2D eigenvalue weighted by molar-refractivity contribution is -0.134. The van der Waals surface area contributed by atoms with E-state index in [9.17, 15) is 5.11 Å². The highest BCUT2D eigenvalue weighted by molar-refractivity contribution is 5.21. The number of hydrogen-bond acceptors (Lipinski definition) is 4. The van der Waals surface area contributed by atoms with Crippen LogP contribution in [-0.2, 0) is 10.2 Å². The third kappa shape index (κ3) is 2.88. The molecule has 0 aromatic carbocycles. The number of hydrogen-bond donors (Lipinski definition) is 2. The molecule has 4 nitrogen and oxygen atoms in total. The zero-order valence-electron chi connectivity index (χ0n) is 11.1. The van der Waals surface area contributed by atoms with Crippen molar-refractivity contribution < 1.29 is 9.84 Å². The molecule has 0 atom stereocenters. The van der Waals surface area contributed by atoms with Gasteiger partial charge in [-0.3, -0.25) is 4.98 Å². The fourth-order valence-corrected chi connectivity index (χ4v) is 2.19. The van der Waals surface area contributed by atoms with Crippen molar-refractivity contribution in [3.8, 4) is 0 Å². The first-order valence-electron chi connectivity index (χ1n) is 6.38. The van der Waals surface area contributed by atoms with E-state index in [-0.39, 0.29) is 17.4 Å². The summed E-state index contributed by atoms with van der Waals surface area (Å²) in [4.78, 5) is 4.04. The molecule has 1 saturated heterocycles. The maximum Gasteiger partial charge on any atom is 0.0579 e. The predicted molar refractivity (Wildman–Crippen MR) is 70.5 cm³/mol. The summed E-state index contributed by atoms with van der Waals surface area (Å²) < 4.78 is 5.19. The van der Waals surface area contributed by atoms with Gasteiger partial charge in [0.2, 0.25) is 0 Å². The monoisotopic (exact) mass is 250 g/mol. The standard InChI is InChI=1S/C14H22N2O2/c1-13(2,12-3-5-15-6-4-12)7-16-8-14(9-17)10-18-11-14/h3-6,16-17H,7-11H2,1-2H3. The first-order chi connectivity index (χ1) is 8.58. The van der Waals surface area contributed by atoms with Crippen molar-refractivity contribution in [1.82, 2.24) is 10.3 Å². The average molecular weight is 250 g/mol. The van der Waals surface area contributed by atoms with Gasteiger partial charge in [0.05, 0.1) is 25.2 Å². The van der Waals surface area contributed by atoms with E-state index >= 15 is 0 Å². The Morgan fingerprint density at radius 2 is 2.06 bits per heavy atom. The number of aliphatic hydroxyl groups is 1. The van der Waals surface area contributed by atoms with E-state index in [1.165, 1.54) is 5.56 Å². The summed E-state index contributed by atoms with van der Waals surface area (Å²) in [7, 11) is 0. The van der Waals surface area contributed by atoms with Gasteiger partial charge in [-0.1, -0.05) is 13.8 Å². The Bertz CT molecular complexity index is 369. The van der Waals surface area contributed by atoms with Crippen molar-refractivity contribution in [2.45, 2.75) is 19.3 Å². The maximum atomic E-state index is 9.35. The van der Waals surface area contributed by atoms with Crippen molar-refractivity contribution in [2.75, 3.05) is 32.9 Å². The van der Waals surface area contributed by atoms with Gasteiger partial charge in [-0.05, 0) is 17.7 Å². The zero-order chi connectivity index (χ0) is 13.1. The summed E-state index contributed by atoms with van der Waals surface area (Å²) in [6.07, 6.45) is 3.65. The summed E-state index contributed by atoms with van der Waals surface area (Å²) in [6.45, 7) is 7.60. The molecule has 0 radical (unpaired) electrons. The average Bonchev–Trinajstić information content (AvgIpc) is 2.34. The highest BCUT2D eigenvalue weighted by Gasteiger charge is 2.38. The van der Waals surface area contributed by atoms with Crippen LogP contribution in [0.25, 0.3) is 0 Å². The Labute approximate surface area is 108 Å². The van der Waals surface area contributed by atoms with Crippen LogP contribution in [0.3, 0.4) is 0 Å². The van der Waals surface area contributed by atoms with Gasteiger partial charge < -0.3 is 15.2 Å². The van der Waals surface area contributed by atoms with Crippen LogP contribution in [0.15, 0.2) is 24.5 Å². The van der Waals surface area contributed by atoms with Gasteiger partial charge in [-0.25, -0.2) is 0 Å². The molecular weight excluding hydrogens is 228 g/mol. The number of aliphatic hydroxyl groups excluding tert-OH is 1. The van der Waals surface area contributed by atoms with Crippen molar-refractivity contribution in [3.05, 3.63) is 30.1 Å². The molecule has 0 unspecified atom stereocenters. The molecule has 2 heterocycles. The van der Waals surface area contributed by atoms with Gasteiger partial charge in [0.1, 0.15) is 0 Å². The molecule has 1 aromatic rings. The van der Waals surface area contributed by atoms with Crippen LogP contribution in [0.2, 0.25) is 0 Å². The molecule has 1 aliphatic heterocycles. The highest BCUT2D eigenvalue weighted by Crippen LogP contribution is 2.26. The lowest BCUT2D eigenvalue weighted by Crippen LogP contribution is -2.53. The molecule has 0 saturated carbocycles. The van der Waals surface area contributed by atoms with E-state index in [4.69, 9.17) is 4.74 Å². The Hall–Kier alpha value is -0.970. The molecule has 0 bridgehead atoms. The van der Waals surface area contributed by atoms with Crippen LogP contribution in [-0.4, -0.2) is 43.0 Å². The van der Waals surface area contributed by atoms with Gasteiger partial charge in [0.25, 0.3) is 0 Å². The minimum Gasteiger partial charge on any atom is -0.396 e. The lowest BCUT2D eigenvalue weighted by atomic mass is 9.83. The van der Waals surface area contributed by atoms with E-state index in [0.717, 1.165) is 13.1 Å². The molecule has 0 aliphatic carbocycles. The molecule has 0 amide bonds. The second kappa shape index (κ2) is 5.34. The Balaban J connectivity index is 1.86. The van der Waals surface area contributed by atoms with E-state index in [0.29, 0.717) is 13.2 Å². The minimum atomic E-state index is -0.0612. The molecule has 1 aliphatic rings. The number of nitrogens with zero attached hydrogens (tertiary/aromatic N) is 1.